The van der Waals surface area contributed by atoms with Gasteiger partial charge in [0.2, 0.25) is 0 Å². The van der Waals surface area contributed by atoms with Crippen LogP contribution in [0.1, 0.15) is 15.9 Å². The second kappa shape index (κ2) is 6.61. The summed E-state index contributed by atoms with van der Waals surface area (Å²) in [7, 11) is 3.44. The molecule has 2 rings (SSSR count). The second-order valence-electron chi connectivity index (χ2n) is 4.26. The van der Waals surface area contributed by atoms with Crippen molar-refractivity contribution in [3.8, 4) is 5.75 Å². The highest BCUT2D eigenvalue weighted by atomic mass is 16.5. The van der Waals surface area contributed by atoms with Gasteiger partial charge in [-0.1, -0.05) is 12.1 Å². The number of esters is 1. The largest absolute Gasteiger partial charge is 0.497 e. The molecule has 20 heavy (non-hydrogen) atoms. The Labute approximate surface area is 118 Å². The van der Waals surface area contributed by atoms with Crippen molar-refractivity contribution in [3.63, 3.8) is 0 Å². The lowest BCUT2D eigenvalue weighted by Gasteiger charge is -2.07. The molecule has 0 aliphatic rings. The van der Waals surface area contributed by atoms with E-state index in [2.05, 4.69) is 5.32 Å². The molecule has 104 valence electrons. The van der Waals surface area contributed by atoms with Gasteiger partial charge in [-0.15, -0.1) is 0 Å². The summed E-state index contributed by atoms with van der Waals surface area (Å²) in [5, 5.41) is 3.00. The third-order valence-corrected chi connectivity index (χ3v) is 2.91. The Hall–Kier alpha value is -2.49. The molecule has 0 radical (unpaired) electrons. The van der Waals surface area contributed by atoms with E-state index >= 15 is 0 Å². The van der Waals surface area contributed by atoms with Gasteiger partial charge in [-0.2, -0.15) is 0 Å². The Morgan fingerprint density at radius 1 is 1.15 bits per heavy atom. The Kier molecular flexibility index (Phi) is 4.60. The molecule has 2 aromatic carbocycles. The molecule has 0 unspecified atom stereocenters. The lowest BCUT2D eigenvalue weighted by atomic mass is 10.2. The van der Waals surface area contributed by atoms with Crippen molar-refractivity contribution in [1.82, 2.24) is 0 Å². The maximum atomic E-state index is 11.9. The summed E-state index contributed by atoms with van der Waals surface area (Å²) < 4.78 is 10.4. The van der Waals surface area contributed by atoms with Crippen LogP contribution in [-0.2, 0) is 11.3 Å². The first-order chi connectivity index (χ1) is 9.72. The average Bonchev–Trinajstić information content (AvgIpc) is 2.53. The minimum absolute atomic E-state index is 0.226. The predicted molar refractivity (Wildman–Crippen MR) is 78.1 cm³/mol. The van der Waals surface area contributed by atoms with E-state index in [9.17, 15) is 4.79 Å². The normalized spacial score (nSPS) is 9.90. The predicted octanol–water partition coefficient (Wildman–Crippen LogP) is 3.09. The maximum Gasteiger partial charge on any atom is 0.338 e. The van der Waals surface area contributed by atoms with Gasteiger partial charge in [0.1, 0.15) is 12.4 Å². The van der Waals surface area contributed by atoms with Crippen LogP contribution in [0.2, 0.25) is 0 Å². The molecule has 0 aliphatic carbocycles. The number of anilines is 1. The molecule has 0 bridgehead atoms. The van der Waals surface area contributed by atoms with Crippen LogP contribution in [-0.4, -0.2) is 20.1 Å². The van der Waals surface area contributed by atoms with Gasteiger partial charge in [-0.3, -0.25) is 0 Å². The number of carbonyl (C=O) groups excluding carboxylic acids is 1. The second-order valence-corrected chi connectivity index (χ2v) is 4.26. The zero-order valence-corrected chi connectivity index (χ0v) is 11.6. The summed E-state index contributed by atoms with van der Waals surface area (Å²) in [5.41, 5.74) is 2.38. The van der Waals surface area contributed by atoms with Crippen LogP contribution in [0.15, 0.2) is 48.5 Å². The Morgan fingerprint density at radius 2 is 1.90 bits per heavy atom. The quantitative estimate of drug-likeness (QED) is 0.849. The highest BCUT2D eigenvalue weighted by molar-refractivity contribution is 5.89. The fourth-order valence-corrected chi connectivity index (χ4v) is 1.77. The minimum atomic E-state index is -0.338. The van der Waals surface area contributed by atoms with Gasteiger partial charge in [-0.05, 0) is 42.0 Å². The van der Waals surface area contributed by atoms with Crippen molar-refractivity contribution >= 4 is 11.7 Å². The van der Waals surface area contributed by atoms with Gasteiger partial charge in [0.15, 0.2) is 0 Å². The zero-order valence-electron chi connectivity index (χ0n) is 11.6. The molecule has 1 N–H and O–H groups in total. The topological polar surface area (TPSA) is 47.6 Å². The van der Waals surface area contributed by atoms with Gasteiger partial charge in [0.05, 0.1) is 12.7 Å². The number of hydrogen-bond acceptors (Lipinski definition) is 4. The number of benzene rings is 2. The summed E-state index contributed by atoms with van der Waals surface area (Å²) in [5.74, 6) is 0.410. The van der Waals surface area contributed by atoms with Crippen molar-refractivity contribution in [2.24, 2.45) is 0 Å². The zero-order chi connectivity index (χ0) is 14.4. The molecule has 0 fully saturated rings. The van der Waals surface area contributed by atoms with E-state index in [1.807, 2.05) is 43.4 Å². The van der Waals surface area contributed by atoms with Crippen molar-refractivity contribution in [2.45, 2.75) is 6.61 Å². The SMILES string of the molecule is CNc1ccc(C(=O)OCc2cccc(OC)c2)cc1. The molecule has 0 saturated heterocycles. The van der Waals surface area contributed by atoms with Gasteiger partial charge < -0.3 is 14.8 Å². The Morgan fingerprint density at radius 3 is 2.55 bits per heavy atom. The van der Waals surface area contributed by atoms with Crippen molar-refractivity contribution in [3.05, 3.63) is 59.7 Å². The van der Waals surface area contributed by atoms with E-state index in [-0.39, 0.29) is 12.6 Å². The van der Waals surface area contributed by atoms with E-state index in [0.29, 0.717) is 5.56 Å². The number of hydrogen-bond donors (Lipinski definition) is 1. The molecular weight excluding hydrogens is 254 g/mol. The highest BCUT2D eigenvalue weighted by Crippen LogP contribution is 2.15. The highest BCUT2D eigenvalue weighted by Gasteiger charge is 2.07. The van der Waals surface area contributed by atoms with E-state index in [4.69, 9.17) is 9.47 Å². The molecular formula is C16H17NO3. The first-order valence-electron chi connectivity index (χ1n) is 6.31. The smallest absolute Gasteiger partial charge is 0.338 e. The third-order valence-electron chi connectivity index (χ3n) is 2.91. The van der Waals surface area contributed by atoms with E-state index in [1.165, 1.54) is 0 Å². The van der Waals surface area contributed by atoms with Crippen LogP contribution < -0.4 is 10.1 Å². The fourth-order valence-electron chi connectivity index (χ4n) is 1.77. The molecule has 4 heteroatoms. The number of rotatable bonds is 5. The summed E-state index contributed by atoms with van der Waals surface area (Å²) in [4.78, 5) is 11.9. The van der Waals surface area contributed by atoms with Gasteiger partial charge in [-0.25, -0.2) is 4.79 Å². The van der Waals surface area contributed by atoms with Crippen LogP contribution >= 0.6 is 0 Å². The number of carbonyl (C=O) groups is 1. The Bertz CT molecular complexity index is 579. The standard InChI is InChI=1S/C16H17NO3/c1-17-14-8-6-13(7-9-14)16(18)20-11-12-4-3-5-15(10-12)19-2/h3-10,17H,11H2,1-2H3. The molecule has 4 nitrogen and oxygen atoms in total. The summed E-state index contributed by atoms with van der Waals surface area (Å²) in [6.07, 6.45) is 0. The average molecular weight is 271 g/mol. The lowest BCUT2D eigenvalue weighted by molar-refractivity contribution is 0.0472. The number of methoxy groups -OCH3 is 1. The minimum Gasteiger partial charge on any atom is -0.497 e. The first kappa shape index (κ1) is 13.9. The summed E-state index contributed by atoms with van der Waals surface area (Å²) in [6, 6.07) is 14.6. The van der Waals surface area contributed by atoms with Crippen LogP contribution in [0.25, 0.3) is 0 Å². The maximum absolute atomic E-state index is 11.9. The van der Waals surface area contributed by atoms with Crippen molar-refractivity contribution in [2.75, 3.05) is 19.5 Å². The monoisotopic (exact) mass is 271 g/mol. The lowest BCUT2D eigenvalue weighted by Crippen LogP contribution is -2.05. The first-order valence-corrected chi connectivity index (χ1v) is 6.31. The molecule has 0 aromatic heterocycles. The molecule has 0 aliphatic heterocycles. The van der Waals surface area contributed by atoms with Crippen molar-refractivity contribution < 1.29 is 14.3 Å². The van der Waals surface area contributed by atoms with Crippen LogP contribution in [0.5, 0.6) is 5.75 Å². The summed E-state index contributed by atoms with van der Waals surface area (Å²) in [6.45, 7) is 0.226. The molecule has 2 aromatic rings. The molecule has 0 atom stereocenters. The van der Waals surface area contributed by atoms with Gasteiger partial charge in [0, 0.05) is 12.7 Å². The number of nitrogens with one attached hydrogen (secondary N) is 1. The van der Waals surface area contributed by atoms with Crippen LogP contribution in [0.4, 0.5) is 5.69 Å². The van der Waals surface area contributed by atoms with E-state index in [1.54, 1.807) is 19.2 Å². The molecule has 0 saturated carbocycles. The van der Waals surface area contributed by atoms with Crippen LogP contribution in [0, 0.1) is 0 Å². The fraction of sp³-hybridized carbons (Fsp3) is 0.188. The number of ether oxygens (including phenoxy) is 2. The van der Waals surface area contributed by atoms with E-state index < -0.39 is 0 Å². The van der Waals surface area contributed by atoms with Gasteiger partial charge >= 0.3 is 5.97 Å². The van der Waals surface area contributed by atoms with Gasteiger partial charge in [0.25, 0.3) is 0 Å². The summed E-state index contributed by atoms with van der Waals surface area (Å²) >= 11 is 0. The molecule has 0 amide bonds. The Balaban J connectivity index is 1.97. The van der Waals surface area contributed by atoms with Crippen LogP contribution in [0.3, 0.4) is 0 Å². The molecule has 0 heterocycles. The van der Waals surface area contributed by atoms with Crippen molar-refractivity contribution in [1.29, 1.82) is 0 Å². The molecule has 0 spiro atoms. The van der Waals surface area contributed by atoms with E-state index in [0.717, 1.165) is 17.0 Å². The third kappa shape index (κ3) is 3.51.